The number of phenolic OH excluding ortho intramolecular Hbond substituents is 1. The van der Waals surface area contributed by atoms with E-state index in [1.165, 1.54) is 18.2 Å². The second-order valence-corrected chi connectivity index (χ2v) is 2.01. The minimum absolute atomic E-state index is 0.155. The van der Waals surface area contributed by atoms with Crippen molar-refractivity contribution in [2.45, 2.75) is 0 Å². The smallest absolute Gasteiger partial charge is 0.150 e. The van der Waals surface area contributed by atoms with Crippen LogP contribution in [0.15, 0.2) is 18.2 Å². The number of hydrogen-bond donors (Lipinski definition) is 1. The van der Waals surface area contributed by atoms with E-state index in [-0.39, 0.29) is 11.3 Å². The van der Waals surface area contributed by atoms with Crippen molar-refractivity contribution < 1.29 is 9.90 Å². The number of rotatable bonds is 1. The third-order valence-electron chi connectivity index (χ3n) is 1.28. The zero-order valence-electron chi connectivity index (χ0n) is 5.61. The van der Waals surface area contributed by atoms with E-state index in [0.29, 0.717) is 11.8 Å². The Morgan fingerprint density at radius 2 is 2.27 bits per heavy atom. The number of aromatic hydroxyl groups is 1. The second-order valence-electron chi connectivity index (χ2n) is 2.01. The highest BCUT2D eigenvalue weighted by Gasteiger charge is 1.99. The average molecular weight is 147 g/mol. The van der Waals surface area contributed by atoms with Gasteiger partial charge >= 0.3 is 0 Å². The summed E-state index contributed by atoms with van der Waals surface area (Å²) in [6.07, 6.45) is 0.612. The molecule has 54 valence electrons. The van der Waals surface area contributed by atoms with Crippen LogP contribution in [0.1, 0.15) is 15.9 Å². The van der Waals surface area contributed by atoms with Crippen LogP contribution in [0, 0.1) is 11.3 Å². The first-order valence-corrected chi connectivity index (χ1v) is 2.96. The molecule has 1 rings (SSSR count). The van der Waals surface area contributed by atoms with Crippen LogP contribution < -0.4 is 0 Å². The second kappa shape index (κ2) is 2.84. The fraction of sp³-hybridized carbons (Fsp3) is 0. The zero-order valence-corrected chi connectivity index (χ0v) is 5.61. The maximum Gasteiger partial charge on any atom is 0.150 e. The van der Waals surface area contributed by atoms with Gasteiger partial charge in [0.05, 0.1) is 5.56 Å². The van der Waals surface area contributed by atoms with Crippen LogP contribution >= 0.6 is 0 Å². The zero-order chi connectivity index (χ0) is 8.27. The monoisotopic (exact) mass is 147 g/mol. The van der Waals surface area contributed by atoms with Crippen LogP contribution in [0.3, 0.4) is 0 Å². The van der Waals surface area contributed by atoms with Crippen molar-refractivity contribution in [2.24, 2.45) is 0 Å². The van der Waals surface area contributed by atoms with Crippen LogP contribution in [0.4, 0.5) is 0 Å². The van der Waals surface area contributed by atoms with Crippen LogP contribution in [-0.2, 0) is 0 Å². The van der Waals surface area contributed by atoms with Gasteiger partial charge < -0.3 is 5.11 Å². The first kappa shape index (κ1) is 7.29. The largest absolute Gasteiger partial charge is 0.507 e. The van der Waals surface area contributed by atoms with Gasteiger partial charge in [-0.3, -0.25) is 4.79 Å². The summed E-state index contributed by atoms with van der Waals surface area (Å²) in [6.45, 7) is 0. The van der Waals surface area contributed by atoms with Crippen molar-refractivity contribution in [3.8, 4) is 11.8 Å². The Morgan fingerprint density at radius 3 is 2.73 bits per heavy atom. The molecule has 11 heavy (non-hydrogen) atoms. The maximum atomic E-state index is 10.2. The Bertz CT molecular complexity index is 325. The molecule has 0 spiro atoms. The predicted molar refractivity (Wildman–Crippen MR) is 38.2 cm³/mol. The molecule has 0 aromatic heterocycles. The van der Waals surface area contributed by atoms with E-state index in [1.54, 1.807) is 6.07 Å². The van der Waals surface area contributed by atoms with E-state index >= 15 is 0 Å². The molecule has 0 saturated carbocycles. The molecule has 0 fully saturated rings. The summed E-state index contributed by atoms with van der Waals surface area (Å²) >= 11 is 0. The molecule has 0 radical (unpaired) electrons. The molecule has 0 heterocycles. The Kier molecular flexibility index (Phi) is 1.88. The summed E-state index contributed by atoms with van der Waals surface area (Å²) in [4.78, 5) is 10.2. The van der Waals surface area contributed by atoms with Gasteiger partial charge in [0.15, 0.2) is 0 Å². The lowest BCUT2D eigenvalue weighted by molar-refractivity contribution is 0.112. The van der Waals surface area contributed by atoms with Gasteiger partial charge in [0.1, 0.15) is 18.1 Å². The van der Waals surface area contributed by atoms with Gasteiger partial charge in [-0.15, -0.1) is 0 Å². The summed E-state index contributed by atoms with van der Waals surface area (Å²) in [5.74, 6) is -0.155. The summed E-state index contributed by atoms with van der Waals surface area (Å²) in [7, 11) is 0. The molecule has 1 aromatic rings. The number of carbonyl (C=O) groups excluding carboxylic acids is 1. The number of carbonyl (C=O) groups is 1. The standard InChI is InChI=1S/C8H5NO2/c9-4-7-2-1-6(5-10)3-8(7)11/h1-3,5,11H. The van der Waals surface area contributed by atoms with Gasteiger partial charge in [0.2, 0.25) is 0 Å². The van der Waals surface area contributed by atoms with Gasteiger partial charge in [-0.2, -0.15) is 5.26 Å². The molecule has 0 bridgehead atoms. The number of nitriles is 1. The lowest BCUT2D eigenvalue weighted by atomic mass is 10.1. The Labute approximate surface area is 63.5 Å². The van der Waals surface area contributed by atoms with Crippen LogP contribution in [0.2, 0.25) is 0 Å². The fourth-order valence-corrected chi connectivity index (χ4v) is 0.717. The van der Waals surface area contributed by atoms with E-state index in [1.807, 2.05) is 0 Å². The molecule has 0 saturated heterocycles. The molecule has 3 heteroatoms. The molecule has 1 N–H and O–H groups in total. The summed E-state index contributed by atoms with van der Waals surface area (Å²) in [5, 5.41) is 17.4. The highest BCUT2D eigenvalue weighted by atomic mass is 16.3. The lowest BCUT2D eigenvalue weighted by Gasteiger charge is -1.94. The molecule has 3 nitrogen and oxygen atoms in total. The number of hydrogen-bond acceptors (Lipinski definition) is 3. The Morgan fingerprint density at radius 1 is 1.55 bits per heavy atom. The van der Waals surface area contributed by atoms with E-state index in [9.17, 15) is 4.79 Å². The number of phenols is 1. The maximum absolute atomic E-state index is 10.2. The Balaban J connectivity index is 3.22. The number of nitrogens with zero attached hydrogens (tertiary/aromatic N) is 1. The van der Waals surface area contributed by atoms with E-state index in [4.69, 9.17) is 10.4 Å². The van der Waals surface area contributed by atoms with E-state index < -0.39 is 0 Å². The van der Waals surface area contributed by atoms with Gasteiger partial charge in [-0.25, -0.2) is 0 Å². The molecule has 0 aliphatic carbocycles. The first-order chi connectivity index (χ1) is 5.27. The van der Waals surface area contributed by atoms with Crippen molar-refractivity contribution in [3.05, 3.63) is 29.3 Å². The normalized spacial score (nSPS) is 8.64. The minimum atomic E-state index is -0.155. The first-order valence-electron chi connectivity index (χ1n) is 2.96. The molecule has 0 unspecified atom stereocenters. The minimum Gasteiger partial charge on any atom is -0.507 e. The molecule has 0 atom stereocenters. The third-order valence-corrected chi connectivity index (χ3v) is 1.28. The van der Waals surface area contributed by atoms with Crippen molar-refractivity contribution in [3.63, 3.8) is 0 Å². The quantitative estimate of drug-likeness (QED) is 0.604. The molecular formula is C8H5NO2. The lowest BCUT2D eigenvalue weighted by Crippen LogP contribution is -1.81. The van der Waals surface area contributed by atoms with Crippen molar-refractivity contribution >= 4 is 6.29 Å². The predicted octanol–water partition coefficient (Wildman–Crippen LogP) is 1.08. The van der Waals surface area contributed by atoms with Crippen LogP contribution in [0.25, 0.3) is 0 Å². The van der Waals surface area contributed by atoms with Crippen LogP contribution in [0.5, 0.6) is 5.75 Å². The molecule has 1 aromatic carbocycles. The summed E-state index contributed by atoms with van der Waals surface area (Å²) in [5.41, 5.74) is 0.539. The van der Waals surface area contributed by atoms with Crippen molar-refractivity contribution in [1.82, 2.24) is 0 Å². The van der Waals surface area contributed by atoms with Crippen molar-refractivity contribution in [2.75, 3.05) is 0 Å². The molecule has 0 amide bonds. The average Bonchev–Trinajstić information content (AvgIpc) is 2.04. The van der Waals surface area contributed by atoms with Gasteiger partial charge in [0, 0.05) is 5.56 Å². The fourth-order valence-electron chi connectivity index (χ4n) is 0.717. The van der Waals surface area contributed by atoms with Crippen molar-refractivity contribution in [1.29, 1.82) is 5.26 Å². The summed E-state index contributed by atoms with van der Waals surface area (Å²) < 4.78 is 0. The molecule has 0 aliphatic heterocycles. The van der Waals surface area contributed by atoms with E-state index in [2.05, 4.69) is 0 Å². The Hall–Kier alpha value is -1.82. The van der Waals surface area contributed by atoms with Gasteiger partial charge in [-0.1, -0.05) is 6.07 Å². The van der Waals surface area contributed by atoms with Gasteiger partial charge in [0.25, 0.3) is 0 Å². The SMILES string of the molecule is N#Cc1ccc(C=O)cc1O. The molecular weight excluding hydrogens is 142 g/mol. The van der Waals surface area contributed by atoms with Gasteiger partial charge in [-0.05, 0) is 12.1 Å². The topological polar surface area (TPSA) is 61.1 Å². The summed E-state index contributed by atoms with van der Waals surface area (Å²) in [6, 6.07) is 5.92. The number of benzene rings is 1. The third kappa shape index (κ3) is 1.36. The number of aldehydes is 1. The highest BCUT2D eigenvalue weighted by Crippen LogP contribution is 2.16. The molecule has 0 aliphatic rings. The highest BCUT2D eigenvalue weighted by molar-refractivity contribution is 5.76. The van der Waals surface area contributed by atoms with Crippen LogP contribution in [-0.4, -0.2) is 11.4 Å². The van der Waals surface area contributed by atoms with E-state index in [0.717, 1.165) is 0 Å².